The number of nitrogens with one attached hydrogen (secondary N) is 1. The quantitative estimate of drug-likeness (QED) is 0.509. The van der Waals surface area contributed by atoms with Gasteiger partial charge >= 0.3 is 6.18 Å². The molecule has 0 fully saturated rings. The Morgan fingerprint density at radius 2 is 2.00 bits per heavy atom. The van der Waals surface area contributed by atoms with E-state index in [1.54, 1.807) is 0 Å². The molecule has 0 aliphatic heterocycles. The number of nitrogen functional groups attached to an aromatic ring is 1. The molecule has 1 atom stereocenters. The number of aryl methyl sites for hydroxylation is 1. The maximum atomic E-state index is 13.2. The van der Waals surface area contributed by atoms with Gasteiger partial charge in [-0.1, -0.05) is 6.58 Å². The molecule has 21 heavy (non-hydrogen) atoms. The zero-order chi connectivity index (χ0) is 16.4. The van der Waals surface area contributed by atoms with Gasteiger partial charge < -0.3 is 11.1 Å². The zero-order valence-corrected chi connectivity index (χ0v) is 11.6. The first-order chi connectivity index (χ1) is 9.52. The predicted molar refractivity (Wildman–Crippen MR) is 72.3 cm³/mol. The summed E-state index contributed by atoms with van der Waals surface area (Å²) in [5.74, 6) is -1.21. The van der Waals surface area contributed by atoms with Crippen molar-refractivity contribution in [1.82, 2.24) is 5.32 Å². The van der Waals surface area contributed by atoms with Crippen LogP contribution in [-0.2, 0) is 0 Å². The summed E-state index contributed by atoms with van der Waals surface area (Å²) in [6.45, 7) is 5.82. The SMILES string of the molecule is C=C(CC(C)NC(=O)c1cc(C)c(F)cc1N)C(F)(F)F. The van der Waals surface area contributed by atoms with E-state index in [1.165, 1.54) is 19.9 Å². The number of hydrogen-bond acceptors (Lipinski definition) is 2. The fraction of sp³-hybridized carbons (Fsp3) is 0.357. The Balaban J connectivity index is 2.78. The van der Waals surface area contributed by atoms with Crippen LogP contribution in [0.4, 0.5) is 23.2 Å². The minimum Gasteiger partial charge on any atom is -0.398 e. The van der Waals surface area contributed by atoms with E-state index in [9.17, 15) is 22.4 Å². The summed E-state index contributed by atoms with van der Waals surface area (Å²) < 4.78 is 50.3. The molecule has 0 saturated heterocycles. The topological polar surface area (TPSA) is 55.1 Å². The van der Waals surface area contributed by atoms with Crippen molar-refractivity contribution < 1.29 is 22.4 Å². The molecule has 0 aromatic heterocycles. The number of carbonyl (C=O) groups is 1. The van der Waals surface area contributed by atoms with Gasteiger partial charge in [0.2, 0.25) is 0 Å². The second kappa shape index (κ2) is 6.15. The Morgan fingerprint density at radius 3 is 2.52 bits per heavy atom. The van der Waals surface area contributed by atoms with Crippen molar-refractivity contribution >= 4 is 11.6 Å². The monoisotopic (exact) mass is 304 g/mol. The lowest BCUT2D eigenvalue weighted by Gasteiger charge is -2.18. The molecule has 7 heteroatoms. The van der Waals surface area contributed by atoms with Crippen LogP contribution >= 0.6 is 0 Å². The Morgan fingerprint density at radius 1 is 1.43 bits per heavy atom. The molecule has 0 aliphatic rings. The largest absolute Gasteiger partial charge is 0.412 e. The summed E-state index contributed by atoms with van der Waals surface area (Å²) in [7, 11) is 0. The van der Waals surface area contributed by atoms with Gasteiger partial charge in [0, 0.05) is 17.3 Å². The van der Waals surface area contributed by atoms with Crippen LogP contribution in [0.3, 0.4) is 0 Å². The van der Waals surface area contributed by atoms with E-state index < -0.39 is 35.9 Å². The van der Waals surface area contributed by atoms with Crippen LogP contribution in [0.1, 0.15) is 29.3 Å². The lowest BCUT2D eigenvalue weighted by Crippen LogP contribution is -2.34. The van der Waals surface area contributed by atoms with E-state index in [0.717, 1.165) is 6.07 Å². The fourth-order valence-electron chi connectivity index (χ4n) is 1.73. The highest BCUT2D eigenvalue weighted by atomic mass is 19.4. The molecule has 1 aromatic carbocycles. The molecule has 3 N–H and O–H groups in total. The van der Waals surface area contributed by atoms with E-state index in [1.807, 2.05) is 0 Å². The third-order valence-corrected chi connectivity index (χ3v) is 2.91. The maximum absolute atomic E-state index is 13.2. The van der Waals surface area contributed by atoms with Gasteiger partial charge in [0.15, 0.2) is 0 Å². The van der Waals surface area contributed by atoms with Crippen molar-refractivity contribution in [2.75, 3.05) is 5.73 Å². The molecule has 1 aromatic rings. The van der Waals surface area contributed by atoms with Gasteiger partial charge in [-0.05, 0) is 38.0 Å². The summed E-state index contributed by atoms with van der Waals surface area (Å²) in [5.41, 5.74) is 4.79. The number of amides is 1. The molecule has 3 nitrogen and oxygen atoms in total. The van der Waals surface area contributed by atoms with Crippen LogP contribution in [0.25, 0.3) is 0 Å². The molecule has 1 amide bonds. The summed E-state index contributed by atoms with van der Waals surface area (Å²) in [5, 5.41) is 2.38. The van der Waals surface area contributed by atoms with Gasteiger partial charge in [-0.2, -0.15) is 13.2 Å². The van der Waals surface area contributed by atoms with Crippen molar-refractivity contribution in [3.05, 3.63) is 41.2 Å². The van der Waals surface area contributed by atoms with Gasteiger partial charge in [0.25, 0.3) is 5.91 Å². The van der Waals surface area contributed by atoms with Crippen LogP contribution in [0.5, 0.6) is 0 Å². The number of carbonyl (C=O) groups excluding carboxylic acids is 1. The molecule has 0 spiro atoms. The average molecular weight is 304 g/mol. The molecule has 0 aliphatic carbocycles. The molecule has 0 bridgehead atoms. The van der Waals surface area contributed by atoms with Crippen molar-refractivity contribution in [3.8, 4) is 0 Å². The van der Waals surface area contributed by atoms with Crippen LogP contribution in [0.2, 0.25) is 0 Å². The van der Waals surface area contributed by atoms with E-state index >= 15 is 0 Å². The summed E-state index contributed by atoms with van der Waals surface area (Å²) in [6, 6.07) is 1.48. The third-order valence-electron chi connectivity index (χ3n) is 2.91. The molecule has 1 rings (SSSR count). The summed E-state index contributed by atoms with van der Waals surface area (Å²) >= 11 is 0. The van der Waals surface area contributed by atoms with Crippen LogP contribution in [0.15, 0.2) is 24.3 Å². The maximum Gasteiger partial charge on any atom is 0.412 e. The molecule has 0 radical (unpaired) electrons. The number of rotatable bonds is 4. The van der Waals surface area contributed by atoms with E-state index in [0.29, 0.717) is 0 Å². The van der Waals surface area contributed by atoms with Gasteiger partial charge in [0.05, 0.1) is 5.56 Å². The Kier molecular flexibility index (Phi) is 4.98. The Hall–Kier alpha value is -2.05. The average Bonchev–Trinajstić information content (AvgIpc) is 2.32. The molecular weight excluding hydrogens is 288 g/mol. The third kappa shape index (κ3) is 4.47. The number of hydrogen-bond donors (Lipinski definition) is 2. The number of alkyl halides is 3. The zero-order valence-electron chi connectivity index (χ0n) is 11.6. The fourth-order valence-corrected chi connectivity index (χ4v) is 1.73. The highest BCUT2D eigenvalue weighted by Crippen LogP contribution is 2.27. The van der Waals surface area contributed by atoms with E-state index in [2.05, 4.69) is 11.9 Å². The van der Waals surface area contributed by atoms with Crippen molar-refractivity contribution in [2.45, 2.75) is 32.5 Å². The number of anilines is 1. The highest BCUT2D eigenvalue weighted by Gasteiger charge is 2.32. The second-order valence-corrected chi connectivity index (χ2v) is 4.87. The predicted octanol–water partition coefficient (Wildman–Crippen LogP) is 3.34. The minimum absolute atomic E-state index is 0.0263. The highest BCUT2D eigenvalue weighted by molar-refractivity contribution is 5.99. The second-order valence-electron chi connectivity index (χ2n) is 4.87. The minimum atomic E-state index is -4.50. The van der Waals surface area contributed by atoms with Crippen molar-refractivity contribution in [1.29, 1.82) is 0 Å². The van der Waals surface area contributed by atoms with Crippen molar-refractivity contribution in [2.24, 2.45) is 0 Å². The molecule has 116 valence electrons. The van der Waals surface area contributed by atoms with E-state index in [-0.39, 0.29) is 16.8 Å². The Labute approximate surface area is 119 Å². The first-order valence-corrected chi connectivity index (χ1v) is 6.13. The van der Waals surface area contributed by atoms with Gasteiger partial charge in [-0.15, -0.1) is 0 Å². The summed E-state index contributed by atoms with van der Waals surface area (Å²) in [6.07, 6.45) is -4.93. The standard InChI is InChI=1S/C14H16F4N2O/c1-7-4-10(12(19)6-11(7)15)13(21)20-9(3)5-8(2)14(16,17)18/h4,6,9H,2,5,19H2,1,3H3,(H,20,21). The van der Waals surface area contributed by atoms with Crippen LogP contribution < -0.4 is 11.1 Å². The van der Waals surface area contributed by atoms with Gasteiger partial charge in [-0.25, -0.2) is 4.39 Å². The normalized spacial score (nSPS) is 12.9. The lowest BCUT2D eigenvalue weighted by atomic mass is 10.1. The van der Waals surface area contributed by atoms with Crippen molar-refractivity contribution in [3.63, 3.8) is 0 Å². The molecule has 0 heterocycles. The summed E-state index contributed by atoms with van der Waals surface area (Å²) in [4.78, 5) is 11.9. The molecular formula is C14H16F4N2O. The van der Waals surface area contributed by atoms with Gasteiger partial charge in [0.1, 0.15) is 5.82 Å². The number of halogens is 4. The first kappa shape index (κ1) is 17.0. The Bertz CT molecular complexity index is 567. The number of benzene rings is 1. The smallest absolute Gasteiger partial charge is 0.398 e. The van der Waals surface area contributed by atoms with Crippen LogP contribution in [0, 0.1) is 12.7 Å². The molecule has 1 unspecified atom stereocenters. The lowest BCUT2D eigenvalue weighted by molar-refractivity contribution is -0.0941. The van der Waals surface area contributed by atoms with Gasteiger partial charge in [-0.3, -0.25) is 4.79 Å². The first-order valence-electron chi connectivity index (χ1n) is 6.13. The van der Waals surface area contributed by atoms with E-state index in [4.69, 9.17) is 5.73 Å². The number of nitrogens with two attached hydrogens (primary N) is 1. The van der Waals surface area contributed by atoms with Crippen LogP contribution in [-0.4, -0.2) is 18.1 Å². The molecule has 0 saturated carbocycles.